The minimum absolute atomic E-state index is 0.0953. The van der Waals surface area contributed by atoms with E-state index in [0.717, 1.165) is 22.4 Å². The van der Waals surface area contributed by atoms with Gasteiger partial charge in [-0.05, 0) is 79.6 Å². The Hall–Kier alpha value is -4.98. The zero-order valence-corrected chi connectivity index (χ0v) is 23.4. The fraction of sp³-hybridized carbons (Fsp3) is 0.152. The predicted octanol–water partition coefficient (Wildman–Crippen LogP) is 8.27. The van der Waals surface area contributed by atoms with Crippen LogP contribution in [0.3, 0.4) is 0 Å². The van der Waals surface area contributed by atoms with Gasteiger partial charge in [-0.15, -0.1) is 0 Å². The number of halogens is 2. The molecule has 0 fully saturated rings. The number of oxazole rings is 1. The summed E-state index contributed by atoms with van der Waals surface area (Å²) >= 11 is 0. The smallest absolute Gasteiger partial charge is 0.255 e. The van der Waals surface area contributed by atoms with E-state index >= 15 is 0 Å². The zero-order valence-electron chi connectivity index (χ0n) is 23.4. The molecule has 2 aromatic heterocycles. The molecule has 1 amide bonds. The van der Waals surface area contributed by atoms with Gasteiger partial charge in [0.25, 0.3) is 5.91 Å². The summed E-state index contributed by atoms with van der Waals surface area (Å²) in [5.74, 6) is -0.353. The lowest BCUT2D eigenvalue weighted by atomic mass is 9.95. The van der Waals surface area contributed by atoms with Gasteiger partial charge >= 0.3 is 0 Å². The van der Waals surface area contributed by atoms with E-state index in [0.29, 0.717) is 33.4 Å². The highest BCUT2D eigenvalue weighted by atomic mass is 19.1. The van der Waals surface area contributed by atoms with Crippen LogP contribution in [0.1, 0.15) is 34.3 Å². The first-order valence-electron chi connectivity index (χ1n) is 13.0. The van der Waals surface area contributed by atoms with E-state index in [9.17, 15) is 13.6 Å². The minimum Gasteiger partial charge on any atom is -0.455 e. The van der Waals surface area contributed by atoms with Crippen molar-refractivity contribution in [2.75, 3.05) is 26.0 Å². The Morgan fingerprint density at radius 2 is 1.73 bits per heavy atom. The first-order valence-corrected chi connectivity index (χ1v) is 13.0. The molecule has 41 heavy (non-hydrogen) atoms. The maximum Gasteiger partial charge on any atom is 0.255 e. The first-order chi connectivity index (χ1) is 19.6. The molecular weight excluding hydrogens is 524 g/mol. The lowest BCUT2D eigenvalue weighted by Crippen LogP contribution is -2.18. The molecule has 3 aromatic carbocycles. The van der Waals surface area contributed by atoms with Crippen LogP contribution in [0.2, 0.25) is 0 Å². The third kappa shape index (κ3) is 5.04. The van der Waals surface area contributed by atoms with E-state index in [2.05, 4.69) is 16.9 Å². The number of benzene rings is 3. The van der Waals surface area contributed by atoms with Crippen molar-refractivity contribution in [2.45, 2.75) is 13.8 Å². The quantitative estimate of drug-likeness (QED) is 0.220. The van der Waals surface area contributed by atoms with Gasteiger partial charge in [-0.2, -0.15) is 0 Å². The van der Waals surface area contributed by atoms with Crippen LogP contribution in [0.15, 0.2) is 76.1 Å². The van der Waals surface area contributed by atoms with Crippen LogP contribution in [-0.2, 0) is 0 Å². The monoisotopic (exact) mass is 553 g/mol. The number of nitrogens with zero attached hydrogens (tertiary/aromatic N) is 2. The van der Waals surface area contributed by atoms with Gasteiger partial charge in [-0.25, -0.2) is 13.8 Å². The van der Waals surface area contributed by atoms with E-state index in [1.54, 1.807) is 26.1 Å². The van der Waals surface area contributed by atoms with Crippen molar-refractivity contribution in [2.24, 2.45) is 0 Å². The Morgan fingerprint density at radius 3 is 2.37 bits per heavy atom. The van der Waals surface area contributed by atoms with Crippen molar-refractivity contribution < 1.29 is 22.4 Å². The van der Waals surface area contributed by atoms with Crippen LogP contribution in [0.25, 0.3) is 56.8 Å². The lowest BCUT2D eigenvalue weighted by Gasteiger charge is -2.18. The number of furan rings is 1. The molecule has 5 aromatic rings. The number of allylic oxidation sites excluding steroid dienone is 1. The van der Waals surface area contributed by atoms with Gasteiger partial charge in [0.2, 0.25) is 5.89 Å². The fourth-order valence-electron chi connectivity index (χ4n) is 4.85. The lowest BCUT2D eigenvalue weighted by molar-refractivity contribution is 0.0964. The SMILES string of the molecule is C=Cc1oc(-c2cc(C)cc(-c3cc4c(C(=O)NC)c(-c5ccc(F)cc5)oc4cc3N(C)C)c2)nc1/C(F)=C\C. The normalized spacial score (nSPS) is 11.6. The highest BCUT2D eigenvalue weighted by Crippen LogP contribution is 2.42. The summed E-state index contributed by atoms with van der Waals surface area (Å²) in [6.45, 7) is 7.26. The van der Waals surface area contributed by atoms with Gasteiger partial charge in [0.1, 0.15) is 28.7 Å². The van der Waals surface area contributed by atoms with Gasteiger partial charge in [0.05, 0.1) is 5.56 Å². The number of nitrogens with one attached hydrogen (secondary N) is 1. The molecule has 0 aliphatic heterocycles. The first kappa shape index (κ1) is 27.6. The number of aromatic nitrogens is 1. The molecule has 6 nitrogen and oxygen atoms in total. The van der Waals surface area contributed by atoms with Gasteiger partial charge < -0.3 is 19.1 Å². The number of hydrogen-bond acceptors (Lipinski definition) is 5. The maximum atomic E-state index is 14.5. The van der Waals surface area contributed by atoms with Gasteiger partial charge in [-0.1, -0.05) is 12.6 Å². The largest absolute Gasteiger partial charge is 0.455 e. The second-order valence-electron chi connectivity index (χ2n) is 9.81. The van der Waals surface area contributed by atoms with Crippen LogP contribution >= 0.6 is 0 Å². The fourth-order valence-corrected chi connectivity index (χ4v) is 4.85. The Kier molecular flexibility index (Phi) is 7.32. The van der Waals surface area contributed by atoms with Crippen LogP contribution in [0.4, 0.5) is 14.5 Å². The maximum absolute atomic E-state index is 14.5. The number of anilines is 1. The molecule has 0 radical (unpaired) electrons. The van der Waals surface area contributed by atoms with Crippen molar-refractivity contribution in [1.29, 1.82) is 0 Å². The molecule has 0 saturated carbocycles. The summed E-state index contributed by atoms with van der Waals surface area (Å²) in [6, 6.07) is 15.5. The average molecular weight is 554 g/mol. The molecule has 0 spiro atoms. The van der Waals surface area contributed by atoms with E-state index in [1.165, 1.54) is 24.3 Å². The Morgan fingerprint density at radius 1 is 1.02 bits per heavy atom. The van der Waals surface area contributed by atoms with Crippen molar-refractivity contribution >= 4 is 34.5 Å². The van der Waals surface area contributed by atoms with Gasteiger partial charge in [0.15, 0.2) is 5.76 Å². The van der Waals surface area contributed by atoms with Crippen LogP contribution in [-0.4, -0.2) is 32.0 Å². The second kappa shape index (κ2) is 10.9. The van der Waals surface area contributed by atoms with E-state index in [1.807, 2.05) is 56.3 Å². The summed E-state index contributed by atoms with van der Waals surface area (Å²) in [4.78, 5) is 19.5. The summed E-state index contributed by atoms with van der Waals surface area (Å²) in [7, 11) is 5.39. The Bertz CT molecular complexity index is 1830. The molecule has 0 bridgehead atoms. The number of carbonyl (C=O) groups excluding carboxylic acids is 1. The van der Waals surface area contributed by atoms with Crippen LogP contribution in [0, 0.1) is 12.7 Å². The molecule has 2 heterocycles. The molecule has 1 N–H and O–H groups in total. The molecule has 0 saturated heterocycles. The number of aryl methyl sites for hydroxylation is 1. The third-order valence-electron chi connectivity index (χ3n) is 6.80. The molecular formula is C33H29F2N3O3. The van der Waals surface area contributed by atoms with Crippen molar-refractivity contribution in [3.8, 4) is 33.9 Å². The number of fused-ring (bicyclic) bond motifs is 1. The van der Waals surface area contributed by atoms with E-state index in [4.69, 9.17) is 8.83 Å². The van der Waals surface area contributed by atoms with Gasteiger partial charge in [-0.3, -0.25) is 4.79 Å². The van der Waals surface area contributed by atoms with E-state index in [-0.39, 0.29) is 29.1 Å². The topological polar surface area (TPSA) is 71.5 Å². The Labute approximate surface area is 236 Å². The molecule has 5 rings (SSSR count). The minimum atomic E-state index is -0.498. The molecule has 0 aliphatic carbocycles. The second-order valence-corrected chi connectivity index (χ2v) is 9.81. The highest BCUT2D eigenvalue weighted by Gasteiger charge is 2.24. The number of rotatable bonds is 7. The third-order valence-corrected chi connectivity index (χ3v) is 6.80. The van der Waals surface area contributed by atoms with E-state index < -0.39 is 5.83 Å². The summed E-state index contributed by atoms with van der Waals surface area (Å²) in [5.41, 5.74) is 5.64. The zero-order chi connectivity index (χ0) is 29.4. The predicted molar refractivity (Wildman–Crippen MR) is 160 cm³/mol. The van der Waals surface area contributed by atoms with Crippen molar-refractivity contribution in [3.63, 3.8) is 0 Å². The molecule has 0 unspecified atom stereocenters. The van der Waals surface area contributed by atoms with Crippen molar-refractivity contribution in [3.05, 3.63) is 95.7 Å². The number of amides is 1. The summed E-state index contributed by atoms with van der Waals surface area (Å²) in [5, 5.41) is 3.30. The standard InChI is InChI=1S/C33H29F2N3O3/c1-7-25(35)30-27(8-2)41-33(37-30)21-14-18(3)13-20(15-21)23-16-24-28(17-26(23)38(5)6)40-31(29(24)32(39)36-4)19-9-11-22(34)12-10-19/h7-17H,2H2,1,3-6H3,(H,36,39)/b25-7+. The molecule has 8 heteroatoms. The number of hydrogen-bond donors (Lipinski definition) is 1. The van der Waals surface area contributed by atoms with Crippen LogP contribution < -0.4 is 10.2 Å². The molecule has 208 valence electrons. The molecule has 0 atom stereocenters. The van der Waals surface area contributed by atoms with Crippen LogP contribution in [0.5, 0.6) is 0 Å². The van der Waals surface area contributed by atoms with Gasteiger partial charge in [0, 0.05) is 55.0 Å². The summed E-state index contributed by atoms with van der Waals surface area (Å²) < 4.78 is 40.2. The highest BCUT2D eigenvalue weighted by molar-refractivity contribution is 6.13. The average Bonchev–Trinajstić information content (AvgIpc) is 3.57. The Balaban J connectivity index is 1.75. The molecule has 0 aliphatic rings. The summed E-state index contributed by atoms with van der Waals surface area (Å²) in [6.07, 6.45) is 2.76. The number of carbonyl (C=O) groups is 1. The van der Waals surface area contributed by atoms with Crippen molar-refractivity contribution in [1.82, 2.24) is 10.3 Å².